The van der Waals surface area contributed by atoms with Crippen LogP contribution in [0.2, 0.25) is 0 Å². The highest BCUT2D eigenvalue weighted by molar-refractivity contribution is 7.17. The van der Waals surface area contributed by atoms with Crippen LogP contribution < -0.4 is 5.56 Å². The van der Waals surface area contributed by atoms with Crippen molar-refractivity contribution in [2.24, 2.45) is 0 Å². The molecule has 1 aliphatic rings. The van der Waals surface area contributed by atoms with Gasteiger partial charge in [0.25, 0.3) is 5.56 Å². The summed E-state index contributed by atoms with van der Waals surface area (Å²) in [6.07, 6.45) is 0.609. The van der Waals surface area contributed by atoms with E-state index < -0.39 is 11.6 Å². The number of rotatable bonds is 2. The monoisotopic (exact) mass is 347 g/mol. The van der Waals surface area contributed by atoms with E-state index in [0.717, 1.165) is 23.5 Å². The van der Waals surface area contributed by atoms with E-state index in [-0.39, 0.29) is 5.56 Å². The van der Waals surface area contributed by atoms with Gasteiger partial charge in [0.1, 0.15) is 22.2 Å². The minimum absolute atomic E-state index is 0.0104. The van der Waals surface area contributed by atoms with Gasteiger partial charge in [0.2, 0.25) is 0 Å². The highest BCUT2D eigenvalue weighted by atomic mass is 32.1. The van der Waals surface area contributed by atoms with Crippen molar-refractivity contribution in [1.29, 1.82) is 0 Å². The van der Waals surface area contributed by atoms with Gasteiger partial charge in [0.15, 0.2) is 0 Å². The topological polar surface area (TPSA) is 38.1 Å². The summed E-state index contributed by atoms with van der Waals surface area (Å²) >= 11 is 1.40. The second-order valence-electron chi connectivity index (χ2n) is 5.88. The number of hydrogen-bond donors (Lipinski definition) is 0. The third-order valence-corrected chi connectivity index (χ3v) is 5.23. The Labute approximate surface area is 141 Å². The Kier molecular flexibility index (Phi) is 3.90. The molecule has 3 heterocycles. The maximum absolute atomic E-state index is 13.8. The Bertz CT molecular complexity index is 966. The smallest absolute Gasteiger partial charge is 0.271 e. The van der Waals surface area contributed by atoms with E-state index in [9.17, 15) is 13.6 Å². The largest absolute Gasteiger partial charge is 0.297 e. The first-order chi connectivity index (χ1) is 11.6. The van der Waals surface area contributed by atoms with Crippen LogP contribution in [0.5, 0.6) is 0 Å². The summed E-state index contributed by atoms with van der Waals surface area (Å²) in [7, 11) is 0. The lowest BCUT2D eigenvalue weighted by atomic mass is 10.2. The van der Waals surface area contributed by atoms with Crippen molar-refractivity contribution >= 4 is 21.6 Å². The lowest BCUT2D eigenvalue weighted by Gasteiger charge is -2.19. The maximum Gasteiger partial charge on any atom is 0.271 e. The van der Waals surface area contributed by atoms with Crippen molar-refractivity contribution < 1.29 is 8.78 Å². The fourth-order valence-corrected chi connectivity index (χ4v) is 3.86. The summed E-state index contributed by atoms with van der Waals surface area (Å²) in [5, 5.41) is 1.87. The van der Waals surface area contributed by atoms with Gasteiger partial charge in [-0.25, -0.2) is 13.8 Å². The quantitative estimate of drug-likeness (QED) is 0.715. The van der Waals surface area contributed by atoms with Gasteiger partial charge in [0.05, 0.1) is 5.52 Å². The van der Waals surface area contributed by atoms with E-state index >= 15 is 0 Å². The van der Waals surface area contributed by atoms with Crippen LogP contribution in [0.4, 0.5) is 8.78 Å². The molecule has 7 heteroatoms. The van der Waals surface area contributed by atoms with Crippen molar-refractivity contribution in [3.05, 3.63) is 63.0 Å². The van der Waals surface area contributed by atoms with Crippen molar-refractivity contribution in [3.8, 4) is 0 Å². The van der Waals surface area contributed by atoms with Gasteiger partial charge in [-0.2, -0.15) is 0 Å². The van der Waals surface area contributed by atoms with E-state index in [1.165, 1.54) is 17.4 Å². The average molecular weight is 347 g/mol. The van der Waals surface area contributed by atoms with Crippen molar-refractivity contribution in [2.75, 3.05) is 13.1 Å². The van der Waals surface area contributed by atoms with Crippen LogP contribution in [-0.2, 0) is 19.5 Å². The Hall–Kier alpha value is -2.12. The molecule has 0 unspecified atom stereocenters. The Morgan fingerprint density at radius 1 is 1.17 bits per heavy atom. The predicted molar refractivity (Wildman–Crippen MR) is 89.2 cm³/mol. The molecule has 0 atom stereocenters. The molecule has 0 spiro atoms. The molecule has 4 rings (SSSR count). The second-order valence-corrected chi connectivity index (χ2v) is 6.80. The first-order valence-electron chi connectivity index (χ1n) is 7.75. The molecule has 0 saturated heterocycles. The van der Waals surface area contributed by atoms with E-state index in [2.05, 4.69) is 4.98 Å². The molecule has 1 aromatic carbocycles. The lowest BCUT2D eigenvalue weighted by Crippen LogP contribution is -2.28. The molecule has 0 amide bonds. The third-order valence-electron chi connectivity index (χ3n) is 4.34. The summed E-state index contributed by atoms with van der Waals surface area (Å²) in [4.78, 5) is 19.2. The van der Waals surface area contributed by atoms with Gasteiger partial charge in [-0.1, -0.05) is 0 Å². The van der Waals surface area contributed by atoms with E-state index in [1.807, 2.05) is 16.3 Å². The summed E-state index contributed by atoms with van der Waals surface area (Å²) < 4.78 is 29.6. The van der Waals surface area contributed by atoms with Crippen molar-refractivity contribution in [1.82, 2.24) is 14.5 Å². The van der Waals surface area contributed by atoms with E-state index in [1.54, 1.807) is 4.57 Å². The number of nitrogens with zero attached hydrogens (tertiary/aromatic N) is 3. The summed E-state index contributed by atoms with van der Waals surface area (Å²) in [6.45, 7) is 2.08. The second kappa shape index (κ2) is 6.07. The Balaban J connectivity index is 1.60. The van der Waals surface area contributed by atoms with Gasteiger partial charge >= 0.3 is 0 Å². The zero-order chi connectivity index (χ0) is 16.7. The molecule has 0 fully saturated rings. The van der Waals surface area contributed by atoms with Crippen LogP contribution >= 0.6 is 11.3 Å². The normalized spacial score (nSPS) is 15.4. The average Bonchev–Trinajstić information content (AvgIpc) is 2.94. The zero-order valence-electron chi connectivity index (χ0n) is 12.8. The first kappa shape index (κ1) is 15.4. The van der Waals surface area contributed by atoms with Crippen LogP contribution in [0.15, 0.2) is 34.4 Å². The molecule has 0 N–H and O–H groups in total. The minimum Gasteiger partial charge on any atom is -0.297 e. The lowest BCUT2D eigenvalue weighted by molar-refractivity contribution is 0.267. The van der Waals surface area contributed by atoms with Crippen LogP contribution in [0.1, 0.15) is 11.4 Å². The SMILES string of the molecule is O=c1c2sccc2nc2n1CCN(Cc1cc(F)ccc1F)CC2. The number of halogens is 2. The summed E-state index contributed by atoms with van der Waals surface area (Å²) in [5.74, 6) is -0.0929. The molecule has 4 nitrogen and oxygen atoms in total. The highest BCUT2D eigenvalue weighted by Gasteiger charge is 2.19. The van der Waals surface area contributed by atoms with Crippen molar-refractivity contribution in [3.63, 3.8) is 0 Å². The number of benzene rings is 1. The molecule has 0 bridgehead atoms. The molecule has 3 aromatic rings. The molecule has 0 radical (unpaired) electrons. The third kappa shape index (κ3) is 2.74. The molecule has 0 aliphatic carbocycles. The standard InChI is InChI=1S/C17H15F2N3OS/c18-12-1-2-13(19)11(9-12)10-21-5-3-15-20-14-4-8-24-16(14)17(23)22(15)7-6-21/h1-2,4,8-9H,3,5-7,10H2. The van der Waals surface area contributed by atoms with Gasteiger partial charge in [-0.15, -0.1) is 11.3 Å². The minimum atomic E-state index is -0.442. The van der Waals surface area contributed by atoms with Gasteiger partial charge in [0, 0.05) is 38.2 Å². The Morgan fingerprint density at radius 3 is 2.92 bits per heavy atom. The van der Waals surface area contributed by atoms with Gasteiger partial charge < -0.3 is 0 Å². The summed E-state index contributed by atoms with van der Waals surface area (Å²) in [5.41, 5.74) is 1.06. The molecule has 2 aromatic heterocycles. The van der Waals surface area contributed by atoms with Crippen molar-refractivity contribution in [2.45, 2.75) is 19.5 Å². The number of hydrogen-bond acceptors (Lipinski definition) is 4. The fourth-order valence-electron chi connectivity index (χ4n) is 3.09. The van der Waals surface area contributed by atoms with Gasteiger partial charge in [-0.3, -0.25) is 14.3 Å². The Morgan fingerprint density at radius 2 is 2.04 bits per heavy atom. The van der Waals surface area contributed by atoms with E-state index in [0.29, 0.717) is 42.9 Å². The van der Waals surface area contributed by atoms with E-state index in [4.69, 9.17) is 0 Å². The molecule has 0 saturated carbocycles. The number of fused-ring (bicyclic) bond motifs is 2. The highest BCUT2D eigenvalue weighted by Crippen LogP contribution is 2.18. The molecular formula is C17H15F2N3OS. The summed E-state index contributed by atoms with van der Waals surface area (Å²) in [6, 6.07) is 5.35. The number of thiophene rings is 1. The van der Waals surface area contributed by atoms with Crippen LogP contribution in [0, 0.1) is 11.6 Å². The molecule has 24 heavy (non-hydrogen) atoms. The molecule has 1 aliphatic heterocycles. The number of aromatic nitrogens is 2. The maximum atomic E-state index is 13.8. The molecular weight excluding hydrogens is 332 g/mol. The first-order valence-corrected chi connectivity index (χ1v) is 8.63. The van der Waals surface area contributed by atoms with Crippen LogP contribution in [-0.4, -0.2) is 27.5 Å². The zero-order valence-corrected chi connectivity index (χ0v) is 13.7. The fraction of sp³-hybridized carbons (Fsp3) is 0.294. The predicted octanol–water partition coefficient (Wildman–Crippen LogP) is 2.79. The molecule has 124 valence electrons. The van der Waals surface area contributed by atoms with Gasteiger partial charge in [-0.05, 0) is 29.6 Å². The van der Waals surface area contributed by atoms with Crippen LogP contribution in [0.3, 0.4) is 0 Å². The van der Waals surface area contributed by atoms with Crippen LogP contribution in [0.25, 0.3) is 10.2 Å².